The Morgan fingerprint density at radius 1 is 1.13 bits per heavy atom. The largest absolute Gasteiger partial charge is 0.491 e. The molecule has 0 unspecified atom stereocenters. The summed E-state index contributed by atoms with van der Waals surface area (Å²) in [5.41, 5.74) is 2.97. The molecule has 0 aromatic heterocycles. The van der Waals surface area contributed by atoms with Crippen molar-refractivity contribution in [1.82, 2.24) is 14.7 Å². The molecule has 1 atom stereocenters. The number of benzene rings is 2. The zero-order valence-corrected chi connectivity index (χ0v) is 23.5. The van der Waals surface area contributed by atoms with Crippen LogP contribution in [0.4, 0.5) is 4.79 Å². The van der Waals surface area contributed by atoms with Crippen LogP contribution in [0.5, 0.6) is 5.75 Å². The van der Waals surface area contributed by atoms with Crippen molar-refractivity contribution in [3.05, 3.63) is 64.2 Å². The van der Waals surface area contributed by atoms with Crippen LogP contribution in [0.1, 0.15) is 61.3 Å². The lowest BCUT2D eigenvalue weighted by atomic mass is 9.88. The van der Waals surface area contributed by atoms with Crippen LogP contribution < -0.4 is 4.74 Å². The molecular weight excluding hydrogens is 518 g/mol. The number of carbonyl (C=O) groups excluding carboxylic acids is 2. The maximum atomic E-state index is 12.1. The minimum Gasteiger partial charge on any atom is -0.491 e. The number of likely N-dealkylation sites (N-methyl/N-ethyl adjacent to an activating group) is 1. The Morgan fingerprint density at radius 3 is 2.46 bits per heavy atom. The van der Waals surface area contributed by atoms with Gasteiger partial charge in [0, 0.05) is 31.2 Å². The third-order valence-corrected chi connectivity index (χ3v) is 7.96. The van der Waals surface area contributed by atoms with E-state index in [9.17, 15) is 19.5 Å². The summed E-state index contributed by atoms with van der Waals surface area (Å²) in [5, 5.41) is 10.4. The first-order chi connectivity index (χ1) is 18.7. The minimum atomic E-state index is -0.829. The second kappa shape index (κ2) is 13.3. The normalized spacial score (nSPS) is 17.2. The molecule has 4 rings (SSSR count). The fraction of sp³-hybridized carbons (Fsp3) is 0.500. The van der Waals surface area contributed by atoms with Crippen molar-refractivity contribution in [3.8, 4) is 5.75 Å². The molecule has 1 aliphatic carbocycles. The van der Waals surface area contributed by atoms with Crippen LogP contribution in [0.3, 0.4) is 0 Å². The van der Waals surface area contributed by atoms with Crippen LogP contribution in [0.15, 0.2) is 42.5 Å². The van der Waals surface area contributed by atoms with Crippen molar-refractivity contribution < 1.29 is 24.2 Å². The van der Waals surface area contributed by atoms with E-state index < -0.39 is 5.97 Å². The summed E-state index contributed by atoms with van der Waals surface area (Å²) in [5.74, 6) is 0.198. The van der Waals surface area contributed by atoms with Crippen LogP contribution in [0, 0.1) is 12.8 Å². The molecule has 2 aromatic carbocycles. The Kier molecular flexibility index (Phi) is 9.86. The smallest absolute Gasteiger partial charge is 0.327 e. The number of hydrogen-bond acceptors (Lipinski definition) is 5. The van der Waals surface area contributed by atoms with E-state index in [1.807, 2.05) is 43.3 Å². The maximum absolute atomic E-state index is 12.1. The first-order valence-corrected chi connectivity index (χ1v) is 14.1. The number of rotatable bonds is 12. The standard InChI is InChI=1S/C30H38ClN3O5/c1-21-16-23(8-13-27(21)39-15-14-34-28(35)20-32(2)30(34)38)19-33(18-22-6-4-3-5-7-22)26(17-29(36)37)24-9-11-25(31)12-10-24/h8-13,16,22,26H,3-7,14-15,17-20H2,1-2H3,(H,36,37)/t26-/m1/s1. The average Bonchev–Trinajstić information content (AvgIpc) is 3.15. The highest BCUT2D eigenvalue weighted by atomic mass is 35.5. The van der Waals surface area contributed by atoms with Gasteiger partial charge in [-0.1, -0.05) is 55.1 Å². The number of halogens is 1. The molecular formula is C30H38ClN3O5. The van der Waals surface area contributed by atoms with Crippen molar-refractivity contribution in [3.63, 3.8) is 0 Å². The van der Waals surface area contributed by atoms with Gasteiger partial charge in [0.25, 0.3) is 0 Å². The van der Waals surface area contributed by atoms with Crippen molar-refractivity contribution >= 4 is 29.5 Å². The van der Waals surface area contributed by atoms with Gasteiger partial charge in [-0.3, -0.25) is 19.4 Å². The first-order valence-electron chi connectivity index (χ1n) is 13.7. The monoisotopic (exact) mass is 555 g/mol. The number of carboxylic acids is 1. The van der Waals surface area contributed by atoms with Crippen LogP contribution in [0.2, 0.25) is 5.02 Å². The predicted octanol–water partition coefficient (Wildman–Crippen LogP) is 5.52. The molecule has 1 saturated carbocycles. The van der Waals surface area contributed by atoms with Gasteiger partial charge in [0.15, 0.2) is 0 Å². The van der Waals surface area contributed by atoms with Gasteiger partial charge in [-0.15, -0.1) is 0 Å². The highest BCUT2D eigenvalue weighted by molar-refractivity contribution is 6.30. The molecule has 1 saturated heterocycles. The summed E-state index contributed by atoms with van der Waals surface area (Å²) < 4.78 is 5.92. The summed E-state index contributed by atoms with van der Waals surface area (Å²) in [7, 11) is 1.61. The topological polar surface area (TPSA) is 90.4 Å². The van der Waals surface area contributed by atoms with Gasteiger partial charge < -0.3 is 14.7 Å². The first kappa shape index (κ1) is 28.9. The van der Waals surface area contributed by atoms with E-state index in [2.05, 4.69) is 11.0 Å². The van der Waals surface area contributed by atoms with Crippen molar-refractivity contribution in [2.45, 2.75) is 58.0 Å². The van der Waals surface area contributed by atoms with Gasteiger partial charge in [0.05, 0.1) is 13.0 Å². The van der Waals surface area contributed by atoms with Crippen LogP contribution in [-0.4, -0.2) is 71.0 Å². The summed E-state index contributed by atoms with van der Waals surface area (Å²) in [4.78, 5) is 40.9. The van der Waals surface area contributed by atoms with Gasteiger partial charge >= 0.3 is 12.0 Å². The number of carboxylic acid groups (broad SMARTS) is 1. The summed E-state index contributed by atoms with van der Waals surface area (Å²) in [6, 6.07) is 12.9. The molecule has 1 heterocycles. The molecule has 0 radical (unpaired) electrons. The number of imide groups is 1. The Hall–Kier alpha value is -3.10. The summed E-state index contributed by atoms with van der Waals surface area (Å²) in [6.07, 6.45) is 6.06. The highest BCUT2D eigenvalue weighted by Gasteiger charge is 2.33. The molecule has 1 aliphatic heterocycles. The van der Waals surface area contributed by atoms with E-state index in [0.717, 1.165) is 23.2 Å². The van der Waals surface area contributed by atoms with Gasteiger partial charge in [-0.05, 0) is 60.6 Å². The van der Waals surface area contributed by atoms with Gasteiger partial charge in [-0.2, -0.15) is 0 Å². The number of aliphatic carboxylic acids is 1. The van der Waals surface area contributed by atoms with Crippen LogP contribution in [0.25, 0.3) is 0 Å². The molecule has 210 valence electrons. The second-order valence-corrected chi connectivity index (χ2v) is 11.2. The third kappa shape index (κ3) is 7.73. The Labute approximate surface area is 235 Å². The molecule has 3 amide bonds. The van der Waals surface area contributed by atoms with Gasteiger partial charge in [-0.25, -0.2) is 4.79 Å². The van der Waals surface area contributed by atoms with E-state index in [1.54, 1.807) is 7.05 Å². The maximum Gasteiger partial charge on any atom is 0.327 e. The molecule has 39 heavy (non-hydrogen) atoms. The molecule has 2 fully saturated rings. The van der Waals surface area contributed by atoms with Crippen LogP contribution in [-0.2, 0) is 16.1 Å². The summed E-state index contributed by atoms with van der Waals surface area (Å²) in [6.45, 7) is 3.94. The lowest BCUT2D eigenvalue weighted by Crippen LogP contribution is -2.35. The van der Waals surface area contributed by atoms with Gasteiger partial charge in [0.2, 0.25) is 5.91 Å². The molecule has 8 nitrogen and oxygen atoms in total. The van der Waals surface area contributed by atoms with E-state index in [4.69, 9.17) is 16.3 Å². The number of hydrogen-bond donors (Lipinski definition) is 1. The molecule has 9 heteroatoms. The van der Waals surface area contributed by atoms with Crippen LogP contribution >= 0.6 is 11.6 Å². The minimum absolute atomic E-state index is 0.0116. The Bertz CT molecular complexity index is 1170. The Morgan fingerprint density at radius 2 is 1.85 bits per heavy atom. The number of nitrogens with zero attached hydrogens (tertiary/aromatic N) is 3. The fourth-order valence-electron chi connectivity index (χ4n) is 5.65. The van der Waals surface area contributed by atoms with Crippen molar-refractivity contribution in [2.24, 2.45) is 5.92 Å². The van der Waals surface area contributed by atoms with Gasteiger partial charge in [0.1, 0.15) is 18.9 Å². The molecule has 0 bridgehead atoms. The van der Waals surface area contributed by atoms with E-state index in [1.165, 1.54) is 41.9 Å². The zero-order valence-electron chi connectivity index (χ0n) is 22.8. The second-order valence-electron chi connectivity index (χ2n) is 10.7. The number of carbonyl (C=O) groups is 3. The van der Waals surface area contributed by atoms with E-state index in [0.29, 0.717) is 23.2 Å². The SMILES string of the molecule is Cc1cc(CN(CC2CCCCC2)[C@H](CC(=O)O)c2ccc(Cl)cc2)ccc1OCCN1C(=O)CN(C)C1=O. The molecule has 2 aromatic rings. The van der Waals surface area contributed by atoms with E-state index in [-0.39, 0.29) is 44.1 Å². The third-order valence-electron chi connectivity index (χ3n) is 7.71. The molecule has 1 N–H and O–H groups in total. The number of urea groups is 1. The lowest BCUT2D eigenvalue weighted by molar-refractivity contribution is -0.138. The molecule has 0 spiro atoms. The zero-order chi connectivity index (χ0) is 27.9. The average molecular weight is 556 g/mol. The van der Waals surface area contributed by atoms with Crippen molar-refractivity contribution in [1.29, 1.82) is 0 Å². The number of amides is 3. The predicted molar refractivity (Wildman–Crippen MR) is 150 cm³/mol. The number of ether oxygens (including phenoxy) is 1. The fourth-order valence-corrected chi connectivity index (χ4v) is 5.78. The summed E-state index contributed by atoms with van der Waals surface area (Å²) >= 11 is 6.13. The lowest BCUT2D eigenvalue weighted by Gasteiger charge is -2.35. The molecule has 2 aliphatic rings. The van der Waals surface area contributed by atoms with Crippen molar-refractivity contribution in [2.75, 3.05) is 33.3 Å². The number of aryl methyl sites for hydroxylation is 1. The highest BCUT2D eigenvalue weighted by Crippen LogP contribution is 2.33. The quantitative estimate of drug-likeness (QED) is 0.347. The Balaban J connectivity index is 1.48. The van der Waals surface area contributed by atoms with E-state index >= 15 is 0 Å².